The predicted octanol–water partition coefficient (Wildman–Crippen LogP) is 1.68. The van der Waals surface area contributed by atoms with Gasteiger partial charge in [0.05, 0.1) is 24.7 Å². The van der Waals surface area contributed by atoms with E-state index in [4.69, 9.17) is 10.5 Å². The second-order valence-corrected chi connectivity index (χ2v) is 5.93. The SMILES string of the molecule is COc1cccc2c1nc(NC(=O)Cc1csc(CN)n1)n2C. The van der Waals surface area contributed by atoms with E-state index in [1.807, 2.05) is 35.2 Å². The highest BCUT2D eigenvalue weighted by atomic mass is 32.1. The van der Waals surface area contributed by atoms with Crippen molar-refractivity contribution in [1.82, 2.24) is 14.5 Å². The van der Waals surface area contributed by atoms with Crippen molar-refractivity contribution in [3.8, 4) is 5.75 Å². The van der Waals surface area contributed by atoms with Gasteiger partial charge < -0.3 is 15.0 Å². The van der Waals surface area contributed by atoms with E-state index in [2.05, 4.69) is 15.3 Å². The van der Waals surface area contributed by atoms with Crippen LogP contribution in [-0.4, -0.2) is 27.6 Å². The smallest absolute Gasteiger partial charge is 0.232 e. The quantitative estimate of drug-likeness (QED) is 0.741. The number of imidazole rings is 1. The molecule has 3 rings (SSSR count). The number of thiazole rings is 1. The van der Waals surface area contributed by atoms with Gasteiger partial charge in [-0.1, -0.05) is 6.07 Å². The Morgan fingerprint density at radius 2 is 2.26 bits per heavy atom. The summed E-state index contributed by atoms with van der Waals surface area (Å²) >= 11 is 1.46. The van der Waals surface area contributed by atoms with Gasteiger partial charge in [0.25, 0.3) is 0 Å². The van der Waals surface area contributed by atoms with E-state index >= 15 is 0 Å². The number of para-hydroxylation sites is 1. The van der Waals surface area contributed by atoms with Crippen LogP contribution in [0.4, 0.5) is 5.95 Å². The Labute approximate surface area is 137 Å². The third kappa shape index (κ3) is 3.03. The maximum atomic E-state index is 12.2. The molecule has 7 nitrogen and oxygen atoms in total. The first-order valence-electron chi connectivity index (χ1n) is 7.05. The molecule has 23 heavy (non-hydrogen) atoms. The summed E-state index contributed by atoms with van der Waals surface area (Å²) in [4.78, 5) is 20.9. The number of nitrogens with zero attached hydrogens (tertiary/aromatic N) is 3. The van der Waals surface area contributed by atoms with Gasteiger partial charge in [0.1, 0.15) is 16.3 Å². The van der Waals surface area contributed by atoms with Gasteiger partial charge >= 0.3 is 0 Å². The van der Waals surface area contributed by atoms with Crippen molar-refractivity contribution in [2.75, 3.05) is 12.4 Å². The van der Waals surface area contributed by atoms with E-state index in [0.717, 1.165) is 10.5 Å². The molecule has 3 N–H and O–H groups in total. The van der Waals surface area contributed by atoms with Crippen molar-refractivity contribution in [3.63, 3.8) is 0 Å². The number of amides is 1. The molecule has 0 saturated carbocycles. The van der Waals surface area contributed by atoms with Crippen molar-refractivity contribution < 1.29 is 9.53 Å². The third-order valence-corrected chi connectivity index (χ3v) is 4.38. The largest absolute Gasteiger partial charge is 0.494 e. The Bertz CT molecular complexity index is 855. The second kappa shape index (κ2) is 6.35. The molecule has 0 spiro atoms. The van der Waals surface area contributed by atoms with Crippen LogP contribution < -0.4 is 15.8 Å². The lowest BCUT2D eigenvalue weighted by molar-refractivity contribution is -0.115. The highest BCUT2D eigenvalue weighted by Crippen LogP contribution is 2.26. The van der Waals surface area contributed by atoms with E-state index in [0.29, 0.717) is 29.5 Å². The molecule has 2 heterocycles. The number of aromatic nitrogens is 3. The zero-order chi connectivity index (χ0) is 16.4. The van der Waals surface area contributed by atoms with E-state index < -0.39 is 0 Å². The average molecular weight is 331 g/mol. The van der Waals surface area contributed by atoms with Crippen molar-refractivity contribution >= 4 is 34.2 Å². The number of nitrogens with one attached hydrogen (secondary N) is 1. The number of anilines is 1. The molecule has 0 aliphatic rings. The highest BCUT2D eigenvalue weighted by molar-refractivity contribution is 7.09. The zero-order valence-electron chi connectivity index (χ0n) is 12.9. The lowest BCUT2D eigenvalue weighted by atomic mass is 10.3. The number of carbonyl (C=O) groups excluding carboxylic acids is 1. The Balaban J connectivity index is 1.80. The number of carbonyl (C=O) groups is 1. The van der Waals surface area contributed by atoms with Gasteiger partial charge in [-0.3, -0.25) is 10.1 Å². The fourth-order valence-corrected chi connectivity index (χ4v) is 3.00. The number of benzene rings is 1. The summed E-state index contributed by atoms with van der Waals surface area (Å²) in [5.41, 5.74) is 7.84. The molecule has 0 fully saturated rings. The van der Waals surface area contributed by atoms with Gasteiger partial charge in [0, 0.05) is 19.0 Å². The topological polar surface area (TPSA) is 95.1 Å². The van der Waals surface area contributed by atoms with Crippen molar-refractivity contribution in [3.05, 3.63) is 34.3 Å². The molecule has 0 aliphatic carbocycles. The van der Waals surface area contributed by atoms with Gasteiger partial charge in [-0.2, -0.15) is 0 Å². The number of methoxy groups -OCH3 is 1. The molecular weight excluding hydrogens is 314 g/mol. The molecule has 3 aromatic rings. The van der Waals surface area contributed by atoms with Gasteiger partial charge in [-0.05, 0) is 12.1 Å². The van der Waals surface area contributed by atoms with Crippen LogP contribution in [0.3, 0.4) is 0 Å². The number of rotatable bonds is 5. The van der Waals surface area contributed by atoms with Crippen molar-refractivity contribution in [2.45, 2.75) is 13.0 Å². The normalized spacial score (nSPS) is 10.9. The van der Waals surface area contributed by atoms with Crippen LogP contribution in [0.25, 0.3) is 11.0 Å². The molecule has 8 heteroatoms. The number of hydrogen-bond donors (Lipinski definition) is 2. The van der Waals surface area contributed by atoms with Crippen molar-refractivity contribution in [2.24, 2.45) is 12.8 Å². The minimum absolute atomic E-state index is 0.170. The van der Waals surface area contributed by atoms with Crippen molar-refractivity contribution in [1.29, 1.82) is 0 Å². The molecule has 1 aromatic carbocycles. The van der Waals surface area contributed by atoms with Gasteiger partial charge in [-0.25, -0.2) is 9.97 Å². The summed E-state index contributed by atoms with van der Waals surface area (Å²) in [7, 11) is 3.44. The fraction of sp³-hybridized carbons (Fsp3) is 0.267. The Kier molecular flexibility index (Phi) is 4.26. The van der Waals surface area contributed by atoms with Gasteiger partial charge in [0.2, 0.25) is 11.9 Å². The van der Waals surface area contributed by atoms with Gasteiger partial charge in [-0.15, -0.1) is 11.3 Å². The molecule has 0 aliphatic heterocycles. The molecule has 0 saturated heterocycles. The molecule has 1 amide bonds. The third-order valence-electron chi connectivity index (χ3n) is 3.46. The van der Waals surface area contributed by atoms with Crippen LogP contribution >= 0.6 is 11.3 Å². The summed E-state index contributed by atoms with van der Waals surface area (Å²) in [5, 5.41) is 5.48. The molecular formula is C15H17N5O2S. The zero-order valence-corrected chi connectivity index (χ0v) is 13.7. The molecule has 0 bridgehead atoms. The first-order valence-corrected chi connectivity index (χ1v) is 7.93. The number of fused-ring (bicyclic) bond motifs is 1. The molecule has 0 radical (unpaired) electrons. The van der Waals surface area contributed by atoms with E-state index in [9.17, 15) is 4.79 Å². The lowest BCUT2D eigenvalue weighted by Crippen LogP contribution is -2.17. The number of aryl methyl sites for hydroxylation is 1. The summed E-state index contributed by atoms with van der Waals surface area (Å²) in [6.45, 7) is 0.386. The standard InChI is InChI=1S/C15H17N5O2S/c1-20-10-4-3-5-11(22-2)14(10)19-15(20)18-12(21)6-9-8-23-13(7-16)17-9/h3-5,8H,6-7,16H2,1-2H3,(H,18,19,21). The maximum absolute atomic E-state index is 12.2. The monoisotopic (exact) mass is 331 g/mol. The Hall–Kier alpha value is -2.45. The average Bonchev–Trinajstić information content (AvgIpc) is 3.12. The summed E-state index contributed by atoms with van der Waals surface area (Å²) in [5.74, 6) is 0.978. The van der Waals surface area contributed by atoms with Crippen LogP contribution in [0, 0.1) is 0 Å². The fourth-order valence-electron chi connectivity index (χ4n) is 2.32. The Morgan fingerprint density at radius 1 is 1.43 bits per heavy atom. The molecule has 0 atom stereocenters. The Morgan fingerprint density at radius 3 is 2.96 bits per heavy atom. The van der Waals surface area contributed by atoms with E-state index in [1.165, 1.54) is 11.3 Å². The maximum Gasteiger partial charge on any atom is 0.232 e. The first-order chi connectivity index (χ1) is 11.1. The first kappa shape index (κ1) is 15.4. The minimum Gasteiger partial charge on any atom is -0.494 e. The highest BCUT2D eigenvalue weighted by Gasteiger charge is 2.14. The summed E-state index contributed by atoms with van der Waals surface area (Å²) < 4.78 is 7.12. The molecule has 2 aromatic heterocycles. The summed E-state index contributed by atoms with van der Waals surface area (Å²) in [6, 6.07) is 5.65. The van der Waals surface area contributed by atoms with Gasteiger partial charge in [0.15, 0.2) is 0 Å². The molecule has 120 valence electrons. The lowest BCUT2D eigenvalue weighted by Gasteiger charge is -2.04. The second-order valence-electron chi connectivity index (χ2n) is 4.98. The number of ether oxygens (including phenoxy) is 1. The van der Waals surface area contributed by atoms with Crippen LogP contribution in [-0.2, 0) is 24.8 Å². The summed E-state index contributed by atoms with van der Waals surface area (Å²) in [6.07, 6.45) is 0.191. The van der Waals surface area contributed by atoms with Crippen LogP contribution in [0.15, 0.2) is 23.6 Å². The van der Waals surface area contributed by atoms with Crippen LogP contribution in [0.5, 0.6) is 5.75 Å². The van der Waals surface area contributed by atoms with E-state index in [-0.39, 0.29) is 12.3 Å². The predicted molar refractivity (Wildman–Crippen MR) is 89.6 cm³/mol. The van der Waals surface area contributed by atoms with Crippen LogP contribution in [0.2, 0.25) is 0 Å². The molecule has 0 unspecified atom stereocenters. The number of nitrogens with two attached hydrogens (primary N) is 1. The minimum atomic E-state index is -0.170. The number of hydrogen-bond acceptors (Lipinski definition) is 6. The van der Waals surface area contributed by atoms with E-state index in [1.54, 1.807) is 7.11 Å². The van der Waals surface area contributed by atoms with Crippen LogP contribution in [0.1, 0.15) is 10.7 Å².